The molecule has 1 aliphatic rings. The third kappa shape index (κ3) is 3.38. The zero-order chi connectivity index (χ0) is 20.5. The van der Waals surface area contributed by atoms with Crippen molar-refractivity contribution in [3.63, 3.8) is 0 Å². The van der Waals surface area contributed by atoms with Gasteiger partial charge in [0.05, 0.1) is 0 Å². The Kier molecular flexibility index (Phi) is 5.47. The summed E-state index contributed by atoms with van der Waals surface area (Å²) in [5.41, 5.74) is 3.60. The number of benzene rings is 2. The second kappa shape index (κ2) is 7.67. The number of hydrogen-bond acceptors (Lipinski definition) is 6. The summed E-state index contributed by atoms with van der Waals surface area (Å²) in [6, 6.07) is 12.4. The highest BCUT2D eigenvalue weighted by molar-refractivity contribution is 5.41. The van der Waals surface area contributed by atoms with Gasteiger partial charge in [0.1, 0.15) is 24.2 Å². The van der Waals surface area contributed by atoms with E-state index >= 15 is 0 Å². The van der Waals surface area contributed by atoms with Gasteiger partial charge in [0.25, 0.3) is 5.79 Å². The number of methoxy groups -OCH3 is 1. The molecule has 0 aromatic heterocycles. The molecule has 0 radical (unpaired) electrons. The summed E-state index contributed by atoms with van der Waals surface area (Å²) < 4.78 is 11.3. The Hall–Kier alpha value is -2.80. The summed E-state index contributed by atoms with van der Waals surface area (Å²) >= 11 is 0. The van der Waals surface area contributed by atoms with Gasteiger partial charge in [-0.25, -0.2) is 0 Å². The maximum absolute atomic E-state index is 10.8. The number of ether oxygens (including phenoxy) is 2. The Morgan fingerprint density at radius 2 is 1.86 bits per heavy atom. The van der Waals surface area contributed by atoms with Crippen LogP contribution in [0.2, 0.25) is 0 Å². The standard InChI is InChI=1S/C22H24O6/c1-13-4-7-17(11-16(13)10-15-5-8-18(24)9-6-15)22(27-3)21(26)14(2)20(25)19(12-23)28-22/h4-9,11-12,20-21,23-26H,2,10H2,1,3H3/b19-12+/t20-,21+,22?/m0/s1. The molecule has 1 unspecified atom stereocenters. The molecule has 0 bridgehead atoms. The maximum atomic E-state index is 10.8. The summed E-state index contributed by atoms with van der Waals surface area (Å²) in [4.78, 5) is 0. The van der Waals surface area contributed by atoms with Crippen LogP contribution in [0.3, 0.4) is 0 Å². The van der Waals surface area contributed by atoms with Gasteiger partial charge < -0.3 is 29.9 Å². The van der Waals surface area contributed by atoms with Crippen LogP contribution in [-0.4, -0.2) is 39.7 Å². The average molecular weight is 384 g/mol. The molecule has 3 rings (SSSR count). The minimum Gasteiger partial charge on any atom is -0.512 e. The molecule has 1 heterocycles. The first-order chi connectivity index (χ1) is 13.3. The van der Waals surface area contributed by atoms with Crippen LogP contribution in [-0.2, 0) is 21.7 Å². The number of aliphatic hydroxyl groups excluding tert-OH is 3. The van der Waals surface area contributed by atoms with Crippen molar-refractivity contribution in [1.29, 1.82) is 0 Å². The van der Waals surface area contributed by atoms with Crippen LogP contribution in [0.1, 0.15) is 22.3 Å². The van der Waals surface area contributed by atoms with E-state index < -0.39 is 18.0 Å². The van der Waals surface area contributed by atoms with Crippen molar-refractivity contribution in [3.8, 4) is 5.75 Å². The molecule has 148 valence electrons. The van der Waals surface area contributed by atoms with Gasteiger partial charge in [-0.1, -0.05) is 30.8 Å². The predicted octanol–water partition coefficient (Wildman–Crippen LogP) is 2.80. The molecule has 0 amide bonds. The van der Waals surface area contributed by atoms with Crippen LogP contribution in [0.25, 0.3) is 0 Å². The lowest BCUT2D eigenvalue weighted by Crippen LogP contribution is -2.51. The van der Waals surface area contributed by atoms with E-state index in [0.717, 1.165) is 16.7 Å². The third-order valence-electron chi connectivity index (χ3n) is 5.11. The fourth-order valence-electron chi connectivity index (χ4n) is 3.36. The molecular weight excluding hydrogens is 360 g/mol. The molecule has 4 N–H and O–H groups in total. The van der Waals surface area contributed by atoms with Crippen LogP contribution in [0.4, 0.5) is 0 Å². The summed E-state index contributed by atoms with van der Waals surface area (Å²) in [5.74, 6) is -1.60. The van der Waals surface area contributed by atoms with E-state index in [9.17, 15) is 20.4 Å². The van der Waals surface area contributed by atoms with Crippen LogP contribution < -0.4 is 0 Å². The second-order valence-electron chi connectivity index (χ2n) is 6.87. The lowest BCUT2D eigenvalue weighted by molar-refractivity contribution is -0.274. The quantitative estimate of drug-likeness (QED) is 0.478. The molecule has 2 aromatic rings. The van der Waals surface area contributed by atoms with Crippen molar-refractivity contribution < 1.29 is 29.9 Å². The Morgan fingerprint density at radius 3 is 2.46 bits per heavy atom. The highest BCUT2D eigenvalue weighted by Gasteiger charge is 2.51. The topological polar surface area (TPSA) is 99.4 Å². The number of phenolic OH excluding ortho intramolecular Hbond substituents is 1. The Morgan fingerprint density at radius 1 is 1.18 bits per heavy atom. The number of rotatable bonds is 4. The molecule has 6 heteroatoms. The normalized spacial score (nSPS) is 26.3. The van der Waals surface area contributed by atoms with Gasteiger partial charge in [-0.2, -0.15) is 0 Å². The van der Waals surface area contributed by atoms with E-state index in [4.69, 9.17) is 9.47 Å². The summed E-state index contributed by atoms with van der Waals surface area (Å²) in [6.45, 7) is 5.69. The third-order valence-corrected chi connectivity index (χ3v) is 5.11. The van der Waals surface area contributed by atoms with Crippen LogP contribution in [0, 0.1) is 6.92 Å². The minimum absolute atomic E-state index is 0.0639. The molecule has 0 saturated carbocycles. The van der Waals surface area contributed by atoms with Gasteiger partial charge in [0, 0.05) is 12.7 Å². The Bertz CT molecular complexity index is 902. The number of aryl methyl sites for hydroxylation is 1. The first-order valence-corrected chi connectivity index (χ1v) is 8.83. The Balaban J connectivity index is 2.03. The number of aliphatic hydroxyl groups is 3. The second-order valence-corrected chi connectivity index (χ2v) is 6.87. The van der Waals surface area contributed by atoms with Crippen LogP contribution in [0.15, 0.2) is 66.6 Å². The molecule has 0 aliphatic carbocycles. The molecular formula is C22H24O6. The van der Waals surface area contributed by atoms with Gasteiger partial charge >= 0.3 is 0 Å². The van der Waals surface area contributed by atoms with Gasteiger partial charge in [-0.3, -0.25) is 0 Å². The fraction of sp³-hybridized carbons (Fsp3) is 0.273. The largest absolute Gasteiger partial charge is 0.512 e. The van der Waals surface area contributed by atoms with E-state index in [-0.39, 0.29) is 17.1 Å². The summed E-state index contributed by atoms with van der Waals surface area (Å²) in [7, 11) is 1.38. The molecule has 1 fully saturated rings. The van der Waals surface area contributed by atoms with E-state index in [1.807, 2.05) is 31.2 Å². The summed E-state index contributed by atoms with van der Waals surface area (Å²) in [5, 5.41) is 39.7. The molecule has 2 aromatic carbocycles. The Labute approximate surface area is 163 Å². The molecule has 1 saturated heterocycles. The molecule has 28 heavy (non-hydrogen) atoms. The van der Waals surface area contributed by atoms with Crippen LogP contribution >= 0.6 is 0 Å². The molecule has 3 atom stereocenters. The highest BCUT2D eigenvalue weighted by Crippen LogP contribution is 2.42. The van der Waals surface area contributed by atoms with Crippen molar-refractivity contribution in [2.24, 2.45) is 0 Å². The van der Waals surface area contributed by atoms with Gasteiger partial charge in [-0.15, -0.1) is 0 Å². The first kappa shape index (κ1) is 19.9. The smallest absolute Gasteiger partial charge is 0.267 e. The van der Waals surface area contributed by atoms with E-state index in [1.54, 1.807) is 18.2 Å². The van der Waals surface area contributed by atoms with E-state index in [2.05, 4.69) is 6.58 Å². The van der Waals surface area contributed by atoms with Gasteiger partial charge in [-0.05, 0) is 53.8 Å². The molecule has 0 spiro atoms. The van der Waals surface area contributed by atoms with E-state index in [0.29, 0.717) is 18.2 Å². The zero-order valence-electron chi connectivity index (χ0n) is 15.8. The SMILES string of the molecule is C=C1[C@@H](O)C(OC)(c2ccc(C)c(Cc3ccc(O)cc3)c2)O/C(=C/O)[C@H]1O. The lowest BCUT2D eigenvalue weighted by Gasteiger charge is -2.44. The number of phenols is 1. The van der Waals surface area contributed by atoms with Gasteiger partial charge in [0.15, 0.2) is 5.76 Å². The summed E-state index contributed by atoms with van der Waals surface area (Å²) in [6.07, 6.45) is -1.44. The van der Waals surface area contributed by atoms with Crippen molar-refractivity contribution in [1.82, 2.24) is 0 Å². The fourth-order valence-corrected chi connectivity index (χ4v) is 3.36. The van der Waals surface area contributed by atoms with Crippen molar-refractivity contribution in [2.75, 3.05) is 7.11 Å². The predicted molar refractivity (Wildman–Crippen MR) is 104 cm³/mol. The zero-order valence-corrected chi connectivity index (χ0v) is 15.8. The maximum Gasteiger partial charge on any atom is 0.267 e. The monoisotopic (exact) mass is 384 g/mol. The van der Waals surface area contributed by atoms with Crippen molar-refractivity contribution >= 4 is 0 Å². The van der Waals surface area contributed by atoms with Crippen molar-refractivity contribution in [2.45, 2.75) is 31.3 Å². The van der Waals surface area contributed by atoms with Crippen molar-refractivity contribution in [3.05, 3.63) is 88.9 Å². The van der Waals surface area contributed by atoms with Gasteiger partial charge in [0.2, 0.25) is 0 Å². The first-order valence-electron chi connectivity index (χ1n) is 8.83. The molecule has 1 aliphatic heterocycles. The van der Waals surface area contributed by atoms with E-state index in [1.165, 1.54) is 7.11 Å². The average Bonchev–Trinajstić information content (AvgIpc) is 2.70. The number of aromatic hydroxyl groups is 1. The number of hydrogen-bond donors (Lipinski definition) is 4. The minimum atomic E-state index is -1.65. The highest BCUT2D eigenvalue weighted by atomic mass is 16.7. The molecule has 6 nitrogen and oxygen atoms in total. The van der Waals surface area contributed by atoms with Crippen LogP contribution in [0.5, 0.6) is 5.75 Å². The lowest BCUT2D eigenvalue weighted by atomic mass is 9.86.